The Labute approximate surface area is 186 Å². The van der Waals surface area contributed by atoms with Crippen molar-refractivity contribution in [2.24, 2.45) is 5.92 Å². The maximum Gasteiger partial charge on any atom is 0.274 e. The molecule has 2 aromatic heterocycles. The van der Waals surface area contributed by atoms with Gasteiger partial charge in [0, 0.05) is 25.2 Å². The van der Waals surface area contributed by atoms with Crippen molar-refractivity contribution in [3.8, 4) is 5.75 Å². The summed E-state index contributed by atoms with van der Waals surface area (Å²) in [4.78, 5) is 32.3. The molecule has 1 saturated heterocycles. The molecular weight excluding hydrogens is 412 g/mol. The Morgan fingerprint density at radius 3 is 2.94 bits per heavy atom. The van der Waals surface area contributed by atoms with Gasteiger partial charge in [-0.3, -0.25) is 9.59 Å². The molecule has 2 aromatic rings. The topological polar surface area (TPSA) is 111 Å². The second-order valence-electron chi connectivity index (χ2n) is 8.68. The van der Waals surface area contributed by atoms with Crippen molar-refractivity contribution in [3.63, 3.8) is 0 Å². The third kappa shape index (κ3) is 4.45. The lowest BCUT2D eigenvalue weighted by atomic mass is 9.88. The molecule has 32 heavy (non-hydrogen) atoms. The first-order chi connectivity index (χ1) is 15.7. The van der Waals surface area contributed by atoms with Crippen molar-refractivity contribution < 1.29 is 19.1 Å². The van der Waals surface area contributed by atoms with Crippen LogP contribution in [0.4, 0.5) is 0 Å². The molecule has 0 radical (unpaired) electrons. The van der Waals surface area contributed by atoms with E-state index in [1.165, 1.54) is 6.42 Å². The molecule has 3 aliphatic rings. The summed E-state index contributed by atoms with van der Waals surface area (Å²) < 4.78 is 13.6. The molecule has 2 amide bonds. The second-order valence-corrected chi connectivity index (χ2v) is 8.68. The highest BCUT2D eigenvalue weighted by atomic mass is 16.5. The van der Waals surface area contributed by atoms with Crippen LogP contribution < -0.4 is 10.1 Å². The zero-order chi connectivity index (χ0) is 21.9. The van der Waals surface area contributed by atoms with Crippen molar-refractivity contribution in [3.05, 3.63) is 35.9 Å². The molecule has 0 aromatic carbocycles. The minimum Gasteiger partial charge on any atom is -0.489 e. The van der Waals surface area contributed by atoms with Gasteiger partial charge in [0.2, 0.25) is 5.91 Å². The fourth-order valence-electron chi connectivity index (χ4n) is 4.74. The first-order valence-corrected chi connectivity index (χ1v) is 11.4. The molecule has 1 aliphatic carbocycles. The lowest BCUT2D eigenvalue weighted by molar-refractivity contribution is -0.136. The fourth-order valence-corrected chi connectivity index (χ4v) is 4.74. The lowest BCUT2D eigenvalue weighted by Crippen LogP contribution is -2.44. The fraction of sp³-hybridized carbons (Fsp3) is 0.591. The largest absolute Gasteiger partial charge is 0.489 e. The van der Waals surface area contributed by atoms with Gasteiger partial charge in [0.05, 0.1) is 31.5 Å². The number of nitrogens with zero attached hydrogens (tertiary/aromatic N) is 5. The number of ether oxygens (including phenoxy) is 2. The van der Waals surface area contributed by atoms with Crippen molar-refractivity contribution in [2.45, 2.75) is 57.4 Å². The maximum atomic E-state index is 13.1. The van der Waals surface area contributed by atoms with Crippen LogP contribution in [0.5, 0.6) is 5.75 Å². The molecule has 170 valence electrons. The van der Waals surface area contributed by atoms with Crippen LogP contribution >= 0.6 is 0 Å². The molecule has 0 unspecified atom stereocenters. The van der Waals surface area contributed by atoms with E-state index in [-0.39, 0.29) is 42.2 Å². The second kappa shape index (κ2) is 9.23. The Balaban J connectivity index is 1.38. The molecule has 2 bridgehead atoms. The van der Waals surface area contributed by atoms with E-state index in [9.17, 15) is 9.59 Å². The number of carbonyl (C=O) groups excluding carboxylic acids is 2. The Kier molecular flexibility index (Phi) is 6.02. The number of amides is 2. The van der Waals surface area contributed by atoms with Gasteiger partial charge in [0.1, 0.15) is 12.3 Å². The van der Waals surface area contributed by atoms with Crippen molar-refractivity contribution in [2.75, 3.05) is 19.7 Å². The van der Waals surface area contributed by atoms with Gasteiger partial charge in [-0.2, -0.15) is 0 Å². The molecular formula is C22H28N6O4. The summed E-state index contributed by atoms with van der Waals surface area (Å²) in [5, 5.41) is 11.3. The summed E-state index contributed by atoms with van der Waals surface area (Å²) in [7, 11) is 0. The van der Waals surface area contributed by atoms with Crippen LogP contribution in [-0.2, 0) is 22.7 Å². The molecule has 4 heterocycles. The predicted molar refractivity (Wildman–Crippen MR) is 113 cm³/mol. The van der Waals surface area contributed by atoms with E-state index in [2.05, 4.69) is 20.6 Å². The summed E-state index contributed by atoms with van der Waals surface area (Å²) in [6.45, 7) is 1.93. The Hall–Kier alpha value is -3.01. The first-order valence-electron chi connectivity index (χ1n) is 11.4. The molecule has 10 nitrogen and oxygen atoms in total. The van der Waals surface area contributed by atoms with Crippen LogP contribution in [0.3, 0.4) is 0 Å². The Morgan fingerprint density at radius 2 is 2.06 bits per heavy atom. The molecule has 5 rings (SSSR count). The number of pyridine rings is 1. The quantitative estimate of drug-likeness (QED) is 0.709. The standard InChI is InChI=1S/C22H28N6O4/c29-21-20-18(7-4-8-23-20)31-10-9-28-11-16(25-26-28)14-32-19-13-27(12-17(19)24-21)22(30)15-5-2-1-3-6-15/h4,7-8,11,15,17,19H,1-3,5-6,9-10,12-14H2,(H,24,29)/t17-,19-/m0/s1. The third-order valence-electron chi connectivity index (χ3n) is 6.44. The summed E-state index contributed by atoms with van der Waals surface area (Å²) in [6.07, 6.45) is 8.33. The zero-order valence-corrected chi connectivity index (χ0v) is 18.0. The van der Waals surface area contributed by atoms with Gasteiger partial charge in [-0.05, 0) is 25.0 Å². The Bertz CT molecular complexity index is 973. The van der Waals surface area contributed by atoms with Gasteiger partial charge in [-0.25, -0.2) is 9.67 Å². The monoisotopic (exact) mass is 440 g/mol. The number of carbonyl (C=O) groups is 2. The van der Waals surface area contributed by atoms with E-state index in [1.54, 1.807) is 23.0 Å². The molecule has 1 saturated carbocycles. The van der Waals surface area contributed by atoms with Crippen LogP contribution in [-0.4, -0.2) is 68.5 Å². The van der Waals surface area contributed by atoms with E-state index >= 15 is 0 Å². The minimum atomic E-state index is -0.345. The van der Waals surface area contributed by atoms with Gasteiger partial charge >= 0.3 is 0 Å². The van der Waals surface area contributed by atoms with E-state index in [1.807, 2.05) is 11.1 Å². The number of hydrogen-bond acceptors (Lipinski definition) is 7. The molecule has 2 fully saturated rings. The zero-order valence-electron chi connectivity index (χ0n) is 18.0. The number of rotatable bonds is 1. The maximum absolute atomic E-state index is 13.1. The van der Waals surface area contributed by atoms with Crippen molar-refractivity contribution in [1.29, 1.82) is 0 Å². The smallest absolute Gasteiger partial charge is 0.274 e. The average Bonchev–Trinajstić information content (AvgIpc) is 3.44. The van der Waals surface area contributed by atoms with Gasteiger partial charge < -0.3 is 19.7 Å². The molecule has 1 N–H and O–H groups in total. The minimum absolute atomic E-state index is 0.0728. The van der Waals surface area contributed by atoms with Crippen LogP contribution in [0.25, 0.3) is 0 Å². The van der Waals surface area contributed by atoms with Gasteiger partial charge in [0.25, 0.3) is 5.91 Å². The van der Waals surface area contributed by atoms with Crippen molar-refractivity contribution in [1.82, 2.24) is 30.2 Å². The highest BCUT2D eigenvalue weighted by Gasteiger charge is 2.39. The van der Waals surface area contributed by atoms with Crippen LogP contribution in [0.2, 0.25) is 0 Å². The number of hydrogen-bond donors (Lipinski definition) is 1. The van der Waals surface area contributed by atoms with Gasteiger partial charge in [0.15, 0.2) is 11.4 Å². The molecule has 0 spiro atoms. The van der Waals surface area contributed by atoms with Gasteiger partial charge in [-0.15, -0.1) is 5.10 Å². The van der Waals surface area contributed by atoms with E-state index < -0.39 is 0 Å². The van der Waals surface area contributed by atoms with E-state index in [4.69, 9.17) is 9.47 Å². The van der Waals surface area contributed by atoms with Crippen molar-refractivity contribution >= 4 is 11.8 Å². The predicted octanol–water partition coefficient (Wildman–Crippen LogP) is 1.17. The van der Waals surface area contributed by atoms with Gasteiger partial charge in [-0.1, -0.05) is 24.5 Å². The number of likely N-dealkylation sites (tertiary alicyclic amines) is 1. The van der Waals surface area contributed by atoms with Crippen LogP contribution in [0, 0.1) is 5.92 Å². The molecule has 2 atom stereocenters. The molecule has 2 aliphatic heterocycles. The summed E-state index contributed by atoms with van der Waals surface area (Å²) in [6, 6.07) is 3.11. The Morgan fingerprint density at radius 1 is 1.19 bits per heavy atom. The average molecular weight is 441 g/mol. The summed E-state index contributed by atoms with van der Waals surface area (Å²) in [5.41, 5.74) is 0.922. The lowest BCUT2D eigenvalue weighted by Gasteiger charge is -2.26. The number of nitrogens with one attached hydrogen (secondary N) is 1. The normalized spacial score (nSPS) is 24.6. The first kappa shape index (κ1) is 20.9. The number of aromatic nitrogens is 4. The van der Waals surface area contributed by atoms with E-state index in [0.717, 1.165) is 25.7 Å². The SMILES string of the molecule is O=C1N[C@H]2CN(C(=O)C3CCCCC3)C[C@@H]2OCc2cn(nn2)CCOc2cccnc21. The highest BCUT2D eigenvalue weighted by Crippen LogP contribution is 2.28. The summed E-state index contributed by atoms with van der Waals surface area (Å²) >= 11 is 0. The van der Waals surface area contributed by atoms with Crippen LogP contribution in [0.1, 0.15) is 48.3 Å². The summed E-state index contributed by atoms with van der Waals surface area (Å²) in [5.74, 6) is 0.317. The molecule has 10 heteroatoms. The third-order valence-corrected chi connectivity index (χ3v) is 6.44. The van der Waals surface area contributed by atoms with E-state index in [0.29, 0.717) is 37.7 Å². The number of fused-ring (bicyclic) bond motifs is 4. The highest BCUT2D eigenvalue weighted by molar-refractivity contribution is 5.95. The van der Waals surface area contributed by atoms with Crippen LogP contribution in [0.15, 0.2) is 24.5 Å².